The normalized spacial score (nSPS) is 11.9. The molecule has 25 heavy (non-hydrogen) atoms. The molecular weight excluding hydrogens is 321 g/mol. The number of hydrogen-bond donors (Lipinski definition) is 2. The third-order valence-corrected chi connectivity index (χ3v) is 3.68. The van der Waals surface area contributed by atoms with Crippen LogP contribution >= 0.6 is 0 Å². The first kappa shape index (κ1) is 18.6. The molecule has 0 spiro atoms. The number of rotatable bonds is 6. The summed E-state index contributed by atoms with van der Waals surface area (Å²) < 4.78 is 13.4. The van der Waals surface area contributed by atoms with Crippen LogP contribution in [0.3, 0.4) is 0 Å². The number of aromatic nitrogens is 1. The summed E-state index contributed by atoms with van der Waals surface area (Å²) >= 11 is 0. The van der Waals surface area contributed by atoms with Crippen molar-refractivity contribution in [1.29, 1.82) is 0 Å². The SMILES string of the molecule is CNC(=O)[C@H](CC(C)C)NC(=O)c1cccc(-c2cccc(F)c2)n1. The van der Waals surface area contributed by atoms with Crippen LogP contribution in [0.25, 0.3) is 11.3 Å². The summed E-state index contributed by atoms with van der Waals surface area (Å²) in [7, 11) is 1.53. The summed E-state index contributed by atoms with van der Waals surface area (Å²) in [5.74, 6) is -0.809. The molecule has 0 saturated heterocycles. The molecule has 132 valence electrons. The highest BCUT2D eigenvalue weighted by molar-refractivity contribution is 5.96. The fraction of sp³-hybridized carbons (Fsp3) is 0.316. The molecule has 0 fully saturated rings. The number of carbonyl (C=O) groups is 2. The van der Waals surface area contributed by atoms with Crippen molar-refractivity contribution in [3.8, 4) is 11.3 Å². The molecule has 0 aliphatic heterocycles. The van der Waals surface area contributed by atoms with Gasteiger partial charge in [0.1, 0.15) is 17.6 Å². The fourth-order valence-electron chi connectivity index (χ4n) is 2.48. The second-order valence-corrected chi connectivity index (χ2v) is 6.19. The van der Waals surface area contributed by atoms with E-state index < -0.39 is 11.9 Å². The largest absolute Gasteiger partial charge is 0.357 e. The number of likely N-dealkylation sites (N-methyl/N-ethyl adjacent to an activating group) is 1. The topological polar surface area (TPSA) is 71.1 Å². The van der Waals surface area contributed by atoms with Gasteiger partial charge >= 0.3 is 0 Å². The molecule has 2 N–H and O–H groups in total. The lowest BCUT2D eigenvalue weighted by atomic mass is 10.0. The van der Waals surface area contributed by atoms with Crippen LogP contribution in [-0.2, 0) is 4.79 Å². The van der Waals surface area contributed by atoms with E-state index in [9.17, 15) is 14.0 Å². The summed E-state index contributed by atoms with van der Waals surface area (Å²) in [6, 6.07) is 10.3. The third kappa shape index (κ3) is 5.11. The molecule has 1 aromatic heterocycles. The van der Waals surface area contributed by atoms with Crippen LogP contribution in [0.4, 0.5) is 4.39 Å². The van der Waals surface area contributed by atoms with Gasteiger partial charge in [-0.15, -0.1) is 0 Å². The van der Waals surface area contributed by atoms with E-state index in [0.717, 1.165) is 0 Å². The molecule has 2 rings (SSSR count). The Morgan fingerprint density at radius 2 is 1.88 bits per heavy atom. The summed E-state index contributed by atoms with van der Waals surface area (Å²) in [4.78, 5) is 28.7. The Kier molecular flexibility index (Phi) is 6.22. The third-order valence-electron chi connectivity index (χ3n) is 3.68. The standard InChI is InChI=1S/C19H22FN3O2/c1-12(2)10-17(18(24)21-3)23-19(25)16-9-5-8-15(22-16)13-6-4-7-14(20)11-13/h4-9,11-12,17H,10H2,1-3H3,(H,21,24)(H,23,25)/t17-/m0/s1. The molecular formula is C19H22FN3O2. The lowest BCUT2D eigenvalue weighted by Gasteiger charge is -2.19. The maximum absolute atomic E-state index is 13.4. The highest BCUT2D eigenvalue weighted by Gasteiger charge is 2.22. The summed E-state index contributed by atoms with van der Waals surface area (Å²) in [5.41, 5.74) is 1.26. The predicted octanol–water partition coefficient (Wildman–Crippen LogP) is 2.78. The van der Waals surface area contributed by atoms with Gasteiger partial charge in [-0.1, -0.05) is 32.0 Å². The second kappa shape index (κ2) is 8.37. The maximum atomic E-state index is 13.4. The summed E-state index contributed by atoms with van der Waals surface area (Å²) in [5, 5.41) is 5.27. The van der Waals surface area contributed by atoms with Crippen LogP contribution in [0.1, 0.15) is 30.8 Å². The van der Waals surface area contributed by atoms with E-state index in [2.05, 4.69) is 15.6 Å². The van der Waals surface area contributed by atoms with E-state index in [0.29, 0.717) is 17.7 Å². The van der Waals surface area contributed by atoms with Gasteiger partial charge in [-0.05, 0) is 36.6 Å². The van der Waals surface area contributed by atoms with Gasteiger partial charge in [0.25, 0.3) is 5.91 Å². The maximum Gasteiger partial charge on any atom is 0.270 e. The van der Waals surface area contributed by atoms with Gasteiger partial charge in [0, 0.05) is 12.6 Å². The molecule has 1 heterocycles. The molecule has 1 atom stereocenters. The molecule has 0 saturated carbocycles. The lowest BCUT2D eigenvalue weighted by molar-refractivity contribution is -0.122. The van der Waals surface area contributed by atoms with Crippen LogP contribution < -0.4 is 10.6 Å². The number of nitrogens with one attached hydrogen (secondary N) is 2. The van der Waals surface area contributed by atoms with Gasteiger partial charge in [0.15, 0.2) is 0 Å². The number of halogens is 1. The van der Waals surface area contributed by atoms with Crippen LogP contribution in [0.5, 0.6) is 0 Å². The molecule has 0 aliphatic rings. The molecule has 2 amide bonds. The highest BCUT2D eigenvalue weighted by Crippen LogP contribution is 2.18. The van der Waals surface area contributed by atoms with Crippen molar-refractivity contribution in [3.05, 3.63) is 54.0 Å². The van der Waals surface area contributed by atoms with E-state index in [1.54, 1.807) is 30.3 Å². The van der Waals surface area contributed by atoms with Crippen molar-refractivity contribution in [2.75, 3.05) is 7.05 Å². The minimum absolute atomic E-state index is 0.180. The Hall–Kier alpha value is -2.76. The Morgan fingerprint density at radius 3 is 2.52 bits per heavy atom. The zero-order valence-corrected chi connectivity index (χ0v) is 14.5. The van der Waals surface area contributed by atoms with E-state index in [1.165, 1.54) is 19.2 Å². The van der Waals surface area contributed by atoms with Crippen molar-refractivity contribution in [2.45, 2.75) is 26.3 Å². The Labute approximate surface area is 146 Å². The van der Waals surface area contributed by atoms with Crippen LogP contribution in [0.2, 0.25) is 0 Å². The van der Waals surface area contributed by atoms with Crippen LogP contribution in [0.15, 0.2) is 42.5 Å². The van der Waals surface area contributed by atoms with Gasteiger partial charge in [-0.3, -0.25) is 9.59 Å². The minimum atomic E-state index is -0.628. The van der Waals surface area contributed by atoms with E-state index in [1.807, 2.05) is 13.8 Å². The van der Waals surface area contributed by atoms with E-state index in [4.69, 9.17) is 0 Å². The first-order chi connectivity index (χ1) is 11.9. The molecule has 0 bridgehead atoms. The number of carbonyl (C=O) groups excluding carboxylic acids is 2. The first-order valence-electron chi connectivity index (χ1n) is 8.16. The zero-order chi connectivity index (χ0) is 18.4. The van der Waals surface area contributed by atoms with Gasteiger partial charge < -0.3 is 10.6 Å². The number of amides is 2. The van der Waals surface area contributed by atoms with Crippen LogP contribution in [0, 0.1) is 11.7 Å². The van der Waals surface area contributed by atoms with Gasteiger partial charge in [-0.2, -0.15) is 0 Å². The molecule has 5 nitrogen and oxygen atoms in total. The Morgan fingerprint density at radius 1 is 1.16 bits per heavy atom. The number of pyridine rings is 1. The monoisotopic (exact) mass is 343 g/mol. The molecule has 2 aromatic rings. The molecule has 1 aromatic carbocycles. The van der Waals surface area contributed by atoms with Crippen molar-refractivity contribution in [2.24, 2.45) is 5.92 Å². The van der Waals surface area contributed by atoms with Crippen LogP contribution in [-0.4, -0.2) is 29.9 Å². The Bertz CT molecular complexity index is 762. The predicted molar refractivity (Wildman–Crippen MR) is 94.4 cm³/mol. The van der Waals surface area contributed by atoms with Gasteiger partial charge in [-0.25, -0.2) is 9.37 Å². The lowest BCUT2D eigenvalue weighted by Crippen LogP contribution is -2.46. The van der Waals surface area contributed by atoms with Gasteiger partial charge in [0.05, 0.1) is 5.69 Å². The fourth-order valence-corrected chi connectivity index (χ4v) is 2.48. The summed E-state index contributed by atoms with van der Waals surface area (Å²) in [6.45, 7) is 3.95. The highest BCUT2D eigenvalue weighted by atomic mass is 19.1. The van der Waals surface area contributed by atoms with Gasteiger partial charge in [0.2, 0.25) is 5.91 Å². The van der Waals surface area contributed by atoms with Crippen molar-refractivity contribution in [3.63, 3.8) is 0 Å². The number of nitrogens with zero attached hydrogens (tertiary/aromatic N) is 1. The quantitative estimate of drug-likeness (QED) is 0.847. The zero-order valence-electron chi connectivity index (χ0n) is 14.5. The average molecular weight is 343 g/mol. The number of hydrogen-bond acceptors (Lipinski definition) is 3. The minimum Gasteiger partial charge on any atom is -0.357 e. The first-order valence-corrected chi connectivity index (χ1v) is 8.16. The van der Waals surface area contributed by atoms with E-state index >= 15 is 0 Å². The number of benzene rings is 1. The van der Waals surface area contributed by atoms with E-state index in [-0.39, 0.29) is 23.3 Å². The summed E-state index contributed by atoms with van der Waals surface area (Å²) in [6.07, 6.45) is 0.523. The van der Waals surface area contributed by atoms with Crippen molar-refractivity contribution >= 4 is 11.8 Å². The molecule has 6 heteroatoms. The average Bonchev–Trinajstić information content (AvgIpc) is 2.60. The smallest absolute Gasteiger partial charge is 0.270 e. The molecule has 0 aliphatic carbocycles. The molecule has 0 unspecified atom stereocenters. The second-order valence-electron chi connectivity index (χ2n) is 6.19. The Balaban J connectivity index is 2.21. The molecule has 0 radical (unpaired) electrons. The van der Waals surface area contributed by atoms with Crippen molar-refractivity contribution in [1.82, 2.24) is 15.6 Å². The van der Waals surface area contributed by atoms with Crippen molar-refractivity contribution < 1.29 is 14.0 Å².